The summed E-state index contributed by atoms with van der Waals surface area (Å²) < 4.78 is 104. The summed E-state index contributed by atoms with van der Waals surface area (Å²) in [6.07, 6.45) is -9.49. The Hall–Kier alpha value is -1.49. The lowest BCUT2D eigenvalue weighted by Crippen LogP contribution is -2.51. The van der Waals surface area contributed by atoms with Crippen LogP contribution in [0.3, 0.4) is 0 Å². The molecule has 1 aliphatic rings. The number of alkyl halides is 6. The van der Waals surface area contributed by atoms with Gasteiger partial charge in [0, 0.05) is 6.54 Å². The highest BCUT2D eigenvalue weighted by Crippen LogP contribution is 2.35. The van der Waals surface area contributed by atoms with Crippen LogP contribution in [0.5, 0.6) is 5.75 Å². The van der Waals surface area contributed by atoms with E-state index < -0.39 is 39.2 Å². The molecule has 1 aliphatic heterocycles. The fraction of sp³-hybridized carbons (Fsp3) is 0.538. The van der Waals surface area contributed by atoms with Crippen LogP contribution in [0.25, 0.3) is 0 Å². The second-order valence-corrected chi connectivity index (χ2v) is 7.08. The number of nitrogens with zero attached hydrogens (tertiary/aromatic N) is 1. The minimum atomic E-state index is -4.95. The van der Waals surface area contributed by atoms with Crippen LogP contribution in [0, 0.1) is 0 Å². The number of rotatable bonds is 3. The van der Waals surface area contributed by atoms with Crippen molar-refractivity contribution >= 4 is 10.0 Å². The molecule has 0 aliphatic carbocycles. The highest BCUT2D eigenvalue weighted by molar-refractivity contribution is 7.89. The van der Waals surface area contributed by atoms with Crippen LogP contribution < -0.4 is 4.74 Å². The molecule has 1 saturated heterocycles. The minimum absolute atomic E-state index is 0.245. The van der Waals surface area contributed by atoms with E-state index in [4.69, 9.17) is 0 Å². The van der Waals surface area contributed by atoms with Crippen molar-refractivity contribution in [2.45, 2.75) is 42.7 Å². The third-order valence-corrected chi connectivity index (χ3v) is 5.42. The summed E-state index contributed by atoms with van der Waals surface area (Å²) in [5, 5.41) is 0. The van der Waals surface area contributed by atoms with Crippen molar-refractivity contribution in [1.29, 1.82) is 0 Å². The summed E-state index contributed by atoms with van der Waals surface area (Å²) in [4.78, 5) is -0.520. The average molecular weight is 377 g/mol. The summed E-state index contributed by atoms with van der Waals surface area (Å²) in [7, 11) is -4.48. The van der Waals surface area contributed by atoms with Crippen LogP contribution in [0.4, 0.5) is 26.3 Å². The van der Waals surface area contributed by atoms with Crippen LogP contribution in [0.1, 0.15) is 19.3 Å². The molecule has 1 unspecified atom stereocenters. The second-order valence-electron chi connectivity index (χ2n) is 5.19. The molecule has 0 N–H and O–H groups in total. The van der Waals surface area contributed by atoms with Gasteiger partial charge in [0.25, 0.3) is 0 Å². The Morgan fingerprint density at radius 3 is 2.08 bits per heavy atom. The molecule has 0 spiro atoms. The molecule has 1 fully saturated rings. The number of halogens is 6. The lowest BCUT2D eigenvalue weighted by molar-refractivity contribution is -0.274. The quantitative estimate of drug-likeness (QED) is 0.755. The third-order valence-electron chi connectivity index (χ3n) is 3.50. The van der Waals surface area contributed by atoms with E-state index in [0.717, 1.165) is 24.3 Å². The maximum Gasteiger partial charge on any atom is 0.573 e. The normalized spacial score (nSPS) is 20.8. The van der Waals surface area contributed by atoms with Gasteiger partial charge in [-0.05, 0) is 37.1 Å². The van der Waals surface area contributed by atoms with Gasteiger partial charge in [0.2, 0.25) is 10.0 Å². The number of ether oxygens (including phenoxy) is 1. The zero-order chi connectivity index (χ0) is 18.2. The molecule has 1 aromatic rings. The van der Waals surface area contributed by atoms with Gasteiger partial charge >= 0.3 is 12.5 Å². The topological polar surface area (TPSA) is 46.6 Å². The van der Waals surface area contributed by atoms with E-state index in [1.807, 2.05) is 0 Å². The lowest BCUT2D eigenvalue weighted by atomic mass is 10.1. The Morgan fingerprint density at radius 1 is 1.00 bits per heavy atom. The molecule has 1 heterocycles. The Morgan fingerprint density at radius 2 is 1.58 bits per heavy atom. The number of piperidine rings is 1. The van der Waals surface area contributed by atoms with E-state index >= 15 is 0 Å². The molecule has 136 valence electrons. The molecule has 0 amide bonds. The number of sulfonamides is 1. The van der Waals surface area contributed by atoms with Gasteiger partial charge in [-0.1, -0.05) is 6.42 Å². The molecule has 2 rings (SSSR count). The zero-order valence-electron chi connectivity index (χ0n) is 12.1. The fourth-order valence-corrected chi connectivity index (χ4v) is 4.15. The SMILES string of the molecule is O=S(=O)(c1ccc(OC(F)(F)F)cc1)N1CCCCC1C(F)(F)F. The average Bonchev–Trinajstić information content (AvgIpc) is 2.45. The molecule has 0 radical (unpaired) electrons. The van der Waals surface area contributed by atoms with E-state index in [2.05, 4.69) is 4.74 Å². The van der Waals surface area contributed by atoms with Gasteiger partial charge in [0.1, 0.15) is 11.8 Å². The highest BCUT2D eigenvalue weighted by atomic mass is 32.2. The van der Waals surface area contributed by atoms with Crippen LogP contribution in [0.15, 0.2) is 29.2 Å². The van der Waals surface area contributed by atoms with Crippen molar-refractivity contribution in [3.05, 3.63) is 24.3 Å². The van der Waals surface area contributed by atoms with E-state index in [-0.39, 0.29) is 25.8 Å². The molecule has 1 atom stereocenters. The van der Waals surface area contributed by atoms with Crippen LogP contribution in [-0.2, 0) is 10.0 Å². The molecule has 1 aromatic carbocycles. The summed E-state index contributed by atoms with van der Waals surface area (Å²) in [6.45, 7) is -0.298. The monoisotopic (exact) mass is 377 g/mol. The van der Waals surface area contributed by atoms with Crippen LogP contribution >= 0.6 is 0 Å². The molecule has 11 heteroatoms. The van der Waals surface area contributed by atoms with Crippen molar-refractivity contribution in [3.63, 3.8) is 0 Å². The third kappa shape index (κ3) is 4.32. The first kappa shape index (κ1) is 18.8. The number of benzene rings is 1. The maximum absolute atomic E-state index is 13.0. The molecule has 0 aromatic heterocycles. The summed E-state index contributed by atoms with van der Waals surface area (Å²) >= 11 is 0. The first-order valence-corrected chi connectivity index (χ1v) is 8.29. The van der Waals surface area contributed by atoms with Gasteiger partial charge in [-0.2, -0.15) is 17.5 Å². The Kier molecular flexibility index (Phi) is 5.05. The smallest absolute Gasteiger partial charge is 0.406 e. The van der Waals surface area contributed by atoms with Crippen molar-refractivity contribution in [2.75, 3.05) is 6.54 Å². The molecule has 4 nitrogen and oxygen atoms in total. The van der Waals surface area contributed by atoms with Gasteiger partial charge in [-0.25, -0.2) is 8.42 Å². The van der Waals surface area contributed by atoms with Crippen LogP contribution in [-0.4, -0.2) is 37.8 Å². The van der Waals surface area contributed by atoms with Gasteiger partial charge in [-0.3, -0.25) is 0 Å². The number of hydrogen-bond donors (Lipinski definition) is 0. The van der Waals surface area contributed by atoms with E-state index in [9.17, 15) is 34.8 Å². The summed E-state index contributed by atoms with van der Waals surface area (Å²) in [5.74, 6) is -0.660. The molecular formula is C13H13F6NO3S. The second kappa shape index (κ2) is 6.43. The van der Waals surface area contributed by atoms with Gasteiger partial charge in [0.15, 0.2) is 0 Å². The molecule has 0 saturated carbocycles. The fourth-order valence-electron chi connectivity index (χ4n) is 2.47. The van der Waals surface area contributed by atoms with E-state index in [1.165, 1.54) is 0 Å². The Balaban J connectivity index is 2.28. The first-order chi connectivity index (χ1) is 10.9. The number of hydrogen-bond acceptors (Lipinski definition) is 3. The minimum Gasteiger partial charge on any atom is -0.406 e. The molecule has 24 heavy (non-hydrogen) atoms. The van der Waals surface area contributed by atoms with Crippen molar-refractivity contribution < 1.29 is 39.5 Å². The maximum atomic E-state index is 13.0. The van der Waals surface area contributed by atoms with E-state index in [0.29, 0.717) is 4.31 Å². The van der Waals surface area contributed by atoms with E-state index in [1.54, 1.807) is 0 Å². The summed E-state index contributed by atoms with van der Waals surface area (Å²) in [6, 6.07) is 0.929. The Bertz CT molecular complexity index is 668. The van der Waals surface area contributed by atoms with Crippen LogP contribution in [0.2, 0.25) is 0 Å². The predicted octanol–water partition coefficient (Wildman–Crippen LogP) is 3.69. The molecule has 0 bridgehead atoms. The van der Waals surface area contributed by atoms with Gasteiger partial charge in [0.05, 0.1) is 4.90 Å². The van der Waals surface area contributed by atoms with Crippen molar-refractivity contribution in [1.82, 2.24) is 4.31 Å². The summed E-state index contributed by atoms with van der Waals surface area (Å²) in [5.41, 5.74) is 0. The van der Waals surface area contributed by atoms with Gasteiger partial charge < -0.3 is 4.74 Å². The standard InChI is InChI=1S/C13H13F6NO3S/c14-12(15,16)11-3-1-2-8-20(11)24(21,22)10-6-4-9(5-7-10)23-13(17,18)19/h4-7,11H,1-3,8H2. The highest BCUT2D eigenvalue weighted by Gasteiger charge is 2.49. The van der Waals surface area contributed by atoms with Crippen molar-refractivity contribution in [2.24, 2.45) is 0 Å². The lowest BCUT2D eigenvalue weighted by Gasteiger charge is -2.35. The zero-order valence-corrected chi connectivity index (χ0v) is 12.9. The first-order valence-electron chi connectivity index (χ1n) is 6.85. The van der Waals surface area contributed by atoms with Gasteiger partial charge in [-0.15, -0.1) is 13.2 Å². The largest absolute Gasteiger partial charge is 0.573 e. The molecular weight excluding hydrogens is 364 g/mol. The van der Waals surface area contributed by atoms with Crippen molar-refractivity contribution in [3.8, 4) is 5.75 Å². The Labute approximate surface area is 134 Å². The predicted molar refractivity (Wildman–Crippen MR) is 70.7 cm³/mol.